The summed E-state index contributed by atoms with van der Waals surface area (Å²) in [5.74, 6) is 2.96. The first-order valence-corrected chi connectivity index (χ1v) is 22.8. The van der Waals surface area contributed by atoms with E-state index in [1.165, 1.54) is 60.3 Å². The van der Waals surface area contributed by atoms with Crippen LogP contribution in [-0.2, 0) is 19.1 Å². The Morgan fingerprint density at radius 1 is 0.714 bits per heavy atom. The van der Waals surface area contributed by atoms with Gasteiger partial charge in [0.25, 0.3) is 0 Å². The molecule has 56 heavy (non-hydrogen) atoms. The van der Waals surface area contributed by atoms with Crippen molar-refractivity contribution >= 4 is 11.9 Å². The van der Waals surface area contributed by atoms with Crippen LogP contribution in [-0.4, -0.2) is 89.1 Å². The van der Waals surface area contributed by atoms with Gasteiger partial charge in [-0.2, -0.15) is 0 Å². The first-order chi connectivity index (χ1) is 25.7. The molecular weight excluding hydrogens is 832 g/mol. The second-order valence-electron chi connectivity index (χ2n) is 21.2. The molecule has 2 aliphatic heterocycles. The fourth-order valence-corrected chi connectivity index (χ4v) is 15.7. The summed E-state index contributed by atoms with van der Waals surface area (Å²) in [7, 11) is 0. The Morgan fingerprint density at radius 2 is 1.30 bits per heavy atom. The quantitative estimate of drug-likeness (QED) is 0.161. The lowest BCUT2D eigenvalue weighted by molar-refractivity contribution is -0.918. The van der Waals surface area contributed by atoms with Crippen molar-refractivity contribution in [3.63, 3.8) is 0 Å². The third-order valence-electron chi connectivity index (χ3n) is 18.8. The van der Waals surface area contributed by atoms with Crippen LogP contribution in [0.3, 0.4) is 0 Å². The normalized spacial score (nSPS) is 41.9. The zero-order valence-corrected chi connectivity index (χ0v) is 39.7. The number of carbonyl (C=O) groups excluding carboxylic acids is 2. The van der Waals surface area contributed by atoms with Crippen molar-refractivity contribution in [1.82, 2.24) is 10.6 Å². The highest BCUT2D eigenvalue weighted by Crippen LogP contribution is 2.77. The van der Waals surface area contributed by atoms with Gasteiger partial charge in [0.05, 0.1) is 32.8 Å². The first-order valence-electron chi connectivity index (χ1n) is 22.8. The van der Waals surface area contributed by atoms with Crippen molar-refractivity contribution in [3.8, 4) is 0 Å². The van der Waals surface area contributed by atoms with Crippen molar-refractivity contribution in [3.05, 3.63) is 12.2 Å². The largest absolute Gasteiger partial charge is 1.00 e. The summed E-state index contributed by atoms with van der Waals surface area (Å²) in [5.41, 5.74) is 2.09. The second-order valence-corrected chi connectivity index (χ2v) is 21.2. The van der Waals surface area contributed by atoms with Gasteiger partial charge >= 0.3 is 11.9 Å². The molecule has 12 atom stereocenters. The van der Waals surface area contributed by atoms with Gasteiger partial charge < -0.3 is 63.9 Å². The van der Waals surface area contributed by atoms with Crippen molar-refractivity contribution in [1.29, 1.82) is 0 Å². The number of ether oxygens (including phenoxy) is 2. The molecule has 7 fully saturated rings. The van der Waals surface area contributed by atoms with E-state index >= 15 is 0 Å². The van der Waals surface area contributed by atoms with E-state index in [1.54, 1.807) is 0 Å². The summed E-state index contributed by atoms with van der Waals surface area (Å²) in [5, 5.41) is 6.91. The Hall–Kier alpha value is -0.520. The van der Waals surface area contributed by atoms with E-state index in [4.69, 9.17) is 9.47 Å². The van der Waals surface area contributed by atoms with E-state index in [1.807, 2.05) is 0 Å². The molecule has 0 bridgehead atoms. The van der Waals surface area contributed by atoms with Crippen LogP contribution in [0.15, 0.2) is 12.2 Å². The monoisotopic (exact) mass is 910 g/mol. The number of esters is 2. The minimum Gasteiger partial charge on any atom is -1.00 e. The fourth-order valence-electron chi connectivity index (χ4n) is 15.7. The van der Waals surface area contributed by atoms with Crippen LogP contribution in [0.5, 0.6) is 0 Å². The Kier molecular flexibility index (Phi) is 14.8. The average molecular weight is 913 g/mol. The molecule has 10 heteroatoms. The van der Waals surface area contributed by atoms with E-state index in [-0.39, 0.29) is 91.2 Å². The minimum absolute atomic E-state index is 0. The van der Waals surface area contributed by atoms with Crippen LogP contribution in [0.2, 0.25) is 0 Å². The maximum atomic E-state index is 13.8. The molecule has 8 nitrogen and oxygen atoms in total. The zero-order valence-electron chi connectivity index (χ0n) is 36.6. The van der Waals surface area contributed by atoms with Gasteiger partial charge in [0.15, 0.2) is 12.1 Å². The van der Waals surface area contributed by atoms with Gasteiger partial charge in [-0.1, -0.05) is 60.6 Å². The number of nitrogens with one attached hydrogen (secondary N) is 4. The second kappa shape index (κ2) is 17.8. The molecule has 0 aromatic carbocycles. The van der Waals surface area contributed by atoms with Crippen molar-refractivity contribution in [2.24, 2.45) is 56.7 Å². The fraction of sp³-hybridized carbons (Fsp3) is 0.913. The van der Waals surface area contributed by atoms with Crippen LogP contribution in [0.1, 0.15) is 132 Å². The maximum Gasteiger partial charge on any atom is 0.365 e. The molecule has 0 aromatic rings. The lowest BCUT2D eigenvalue weighted by Crippen LogP contribution is -3.19. The Bertz CT molecular complexity index is 1400. The summed E-state index contributed by atoms with van der Waals surface area (Å²) in [6, 6.07) is -0.105. The van der Waals surface area contributed by atoms with Crippen molar-refractivity contribution in [2.45, 2.75) is 151 Å². The van der Waals surface area contributed by atoms with E-state index in [9.17, 15) is 9.59 Å². The number of piperazine rings is 2. The number of allylic oxidation sites excluding steroid dienone is 1. The third kappa shape index (κ3) is 7.68. The lowest BCUT2D eigenvalue weighted by atomic mass is 9.32. The van der Waals surface area contributed by atoms with E-state index in [0.29, 0.717) is 36.2 Å². The molecule has 0 aromatic heterocycles. The van der Waals surface area contributed by atoms with Crippen LogP contribution in [0, 0.1) is 56.7 Å². The van der Waals surface area contributed by atoms with E-state index in [2.05, 4.69) is 72.6 Å². The maximum absolute atomic E-state index is 13.8. The zero-order chi connectivity index (χ0) is 38.7. The first kappa shape index (κ1) is 46.5. The van der Waals surface area contributed by atoms with Crippen LogP contribution >= 0.6 is 0 Å². The SMILES string of the molecule is C=C(C)[C@@H]1CC[C@]2(COC(=O)C(CC)[NH+]3CCNCC3)CC[C@]3(C)C(CCC4[C@@]5(C)CC[C@H](OC(=O)C(CC)[NH+]6CCNCC6)C(C)(C)C5CC[C@]43C)C12.[Br-].[Br-]. The molecule has 0 spiro atoms. The van der Waals surface area contributed by atoms with Gasteiger partial charge in [-0.15, -0.1) is 0 Å². The predicted octanol–water partition coefficient (Wildman–Crippen LogP) is -1.36. The molecule has 5 saturated carbocycles. The molecule has 6 unspecified atom stereocenters. The van der Waals surface area contributed by atoms with Gasteiger partial charge in [0.2, 0.25) is 0 Å². The summed E-state index contributed by atoms with van der Waals surface area (Å²) in [4.78, 5) is 30.4. The molecule has 2 heterocycles. The summed E-state index contributed by atoms with van der Waals surface area (Å²) < 4.78 is 13.2. The van der Waals surface area contributed by atoms with Gasteiger partial charge in [-0.3, -0.25) is 0 Å². The number of halogens is 2. The van der Waals surface area contributed by atoms with Crippen LogP contribution in [0.4, 0.5) is 0 Å². The smallest absolute Gasteiger partial charge is 0.365 e. The number of hydrogen-bond acceptors (Lipinski definition) is 6. The molecule has 322 valence electrons. The van der Waals surface area contributed by atoms with Crippen molar-refractivity contribution in [2.75, 3.05) is 59.0 Å². The molecule has 4 N–H and O–H groups in total. The molecule has 2 saturated heterocycles. The Balaban J connectivity index is 0.00000300. The Labute approximate surface area is 362 Å². The number of hydrogen-bond donors (Lipinski definition) is 4. The molecule has 5 aliphatic carbocycles. The highest BCUT2D eigenvalue weighted by Gasteiger charge is 2.71. The molecule has 0 amide bonds. The molecule has 0 radical (unpaired) electrons. The van der Waals surface area contributed by atoms with Gasteiger partial charge in [-0.25, -0.2) is 9.59 Å². The summed E-state index contributed by atoms with van der Waals surface area (Å²) in [6.07, 6.45) is 13.6. The summed E-state index contributed by atoms with van der Waals surface area (Å²) >= 11 is 0. The third-order valence-corrected chi connectivity index (χ3v) is 18.8. The highest BCUT2D eigenvalue weighted by molar-refractivity contribution is 5.74. The molecule has 7 rings (SSSR count). The topological polar surface area (TPSA) is 85.5 Å². The van der Waals surface area contributed by atoms with Crippen LogP contribution < -0.4 is 54.4 Å². The van der Waals surface area contributed by atoms with Crippen molar-refractivity contribution < 1.29 is 62.8 Å². The van der Waals surface area contributed by atoms with Crippen LogP contribution in [0.25, 0.3) is 0 Å². The standard InChI is InChI=1S/C46H78N4O4.2BrH/c1-10-34(49-26-22-47-23-27-49)40(51)53-30-46-19-14-32(31(3)4)39(46)33-12-13-37-43(7)17-16-38(54-41(52)35(11-2)50-28-24-48-25-29-50)42(5,6)36(43)15-18-45(37,9)44(33,8)20-21-46;;/h32-39,47-48H,3,10-30H2,1-2,4-9H3;2*1H/t32-,33?,34?,35?,36?,37?,38-,39?,43-,44+,45+,46+;;/m0../s1. The van der Waals surface area contributed by atoms with E-state index < -0.39 is 0 Å². The van der Waals surface area contributed by atoms with Gasteiger partial charge in [0.1, 0.15) is 6.10 Å². The number of carbonyl (C=O) groups is 2. The Morgan fingerprint density at radius 3 is 1.88 bits per heavy atom. The average Bonchev–Trinajstić information content (AvgIpc) is 3.54. The summed E-state index contributed by atoms with van der Waals surface area (Å²) in [6.45, 7) is 32.7. The highest BCUT2D eigenvalue weighted by atomic mass is 79.9. The van der Waals surface area contributed by atoms with Gasteiger partial charge in [0, 0.05) is 49.9 Å². The lowest BCUT2D eigenvalue weighted by Gasteiger charge is -2.73. The number of rotatable bonds is 10. The molecular formula is C46H80Br2N4O4. The van der Waals surface area contributed by atoms with E-state index in [0.717, 1.165) is 84.5 Å². The predicted molar refractivity (Wildman–Crippen MR) is 215 cm³/mol. The van der Waals surface area contributed by atoms with Gasteiger partial charge in [-0.05, 0) is 117 Å². The number of fused-ring (bicyclic) bond motifs is 7. The number of quaternary nitrogens is 2. The molecule has 7 aliphatic rings. The minimum atomic E-state index is -0.0527.